The van der Waals surface area contributed by atoms with Gasteiger partial charge in [0.1, 0.15) is 5.76 Å². The second-order valence-electron chi connectivity index (χ2n) is 3.71. The van der Waals surface area contributed by atoms with Gasteiger partial charge in [0.15, 0.2) is 0 Å². The van der Waals surface area contributed by atoms with Crippen LogP contribution in [0, 0.1) is 6.92 Å². The summed E-state index contributed by atoms with van der Waals surface area (Å²) < 4.78 is 5.41. The molecular weight excluding hydrogens is 196 g/mol. The van der Waals surface area contributed by atoms with Gasteiger partial charge in [-0.15, -0.1) is 0 Å². The van der Waals surface area contributed by atoms with Crippen LogP contribution in [-0.2, 0) is 6.42 Å². The van der Waals surface area contributed by atoms with Crippen molar-refractivity contribution < 1.29 is 4.52 Å². The number of thioether (sulfide) groups is 1. The van der Waals surface area contributed by atoms with Crippen molar-refractivity contribution in [2.75, 3.05) is 18.1 Å². The topological polar surface area (TPSA) is 52.0 Å². The largest absolute Gasteiger partial charge is 0.361 e. The molecule has 2 rings (SSSR count). The van der Waals surface area contributed by atoms with Crippen molar-refractivity contribution in [2.45, 2.75) is 25.7 Å². The first-order valence-electron chi connectivity index (χ1n) is 5.05. The summed E-state index contributed by atoms with van der Waals surface area (Å²) in [5, 5.41) is 4.04. The third-order valence-corrected chi connectivity index (χ3v) is 3.87. The summed E-state index contributed by atoms with van der Waals surface area (Å²) in [6.07, 6.45) is 2.11. The normalized spacial score (nSPS) is 21.7. The monoisotopic (exact) mass is 212 g/mol. The highest BCUT2D eigenvalue weighted by Gasteiger charge is 2.25. The van der Waals surface area contributed by atoms with Crippen LogP contribution in [0.5, 0.6) is 0 Å². The van der Waals surface area contributed by atoms with Gasteiger partial charge in [-0.3, -0.25) is 0 Å². The third-order valence-electron chi connectivity index (χ3n) is 2.71. The maximum atomic E-state index is 5.58. The van der Waals surface area contributed by atoms with Crippen molar-refractivity contribution >= 4 is 11.8 Å². The zero-order valence-corrected chi connectivity index (χ0v) is 9.27. The SMILES string of the molecule is Cc1noc(C2CCSC2)c1CCN. The molecule has 0 bridgehead atoms. The van der Waals surface area contributed by atoms with E-state index in [9.17, 15) is 0 Å². The van der Waals surface area contributed by atoms with E-state index in [1.807, 2.05) is 18.7 Å². The summed E-state index contributed by atoms with van der Waals surface area (Å²) in [4.78, 5) is 0. The quantitative estimate of drug-likeness (QED) is 0.828. The number of nitrogens with zero attached hydrogens (tertiary/aromatic N) is 1. The number of nitrogens with two attached hydrogens (primary N) is 1. The lowest BCUT2D eigenvalue weighted by atomic mass is 9.99. The fourth-order valence-electron chi connectivity index (χ4n) is 1.92. The fraction of sp³-hybridized carbons (Fsp3) is 0.700. The Morgan fingerprint density at radius 1 is 1.64 bits per heavy atom. The van der Waals surface area contributed by atoms with E-state index >= 15 is 0 Å². The highest BCUT2D eigenvalue weighted by atomic mass is 32.2. The van der Waals surface area contributed by atoms with Gasteiger partial charge in [-0.25, -0.2) is 0 Å². The Kier molecular flexibility index (Phi) is 3.13. The highest BCUT2D eigenvalue weighted by Crippen LogP contribution is 2.35. The smallest absolute Gasteiger partial charge is 0.144 e. The number of rotatable bonds is 3. The van der Waals surface area contributed by atoms with Crippen molar-refractivity contribution in [3.8, 4) is 0 Å². The molecule has 3 nitrogen and oxygen atoms in total. The maximum Gasteiger partial charge on any atom is 0.144 e. The molecule has 1 unspecified atom stereocenters. The van der Waals surface area contributed by atoms with E-state index in [2.05, 4.69) is 5.16 Å². The number of aryl methyl sites for hydroxylation is 1. The third kappa shape index (κ3) is 1.81. The van der Waals surface area contributed by atoms with E-state index in [-0.39, 0.29) is 0 Å². The Balaban J connectivity index is 2.22. The van der Waals surface area contributed by atoms with Gasteiger partial charge < -0.3 is 10.3 Å². The second-order valence-corrected chi connectivity index (χ2v) is 4.86. The summed E-state index contributed by atoms with van der Waals surface area (Å²) >= 11 is 1.99. The van der Waals surface area contributed by atoms with Crippen molar-refractivity contribution in [3.63, 3.8) is 0 Å². The Morgan fingerprint density at radius 3 is 3.14 bits per heavy atom. The molecule has 0 amide bonds. The molecule has 0 aliphatic carbocycles. The molecule has 14 heavy (non-hydrogen) atoms. The van der Waals surface area contributed by atoms with E-state index in [1.165, 1.54) is 23.5 Å². The molecule has 1 aromatic heterocycles. The summed E-state index contributed by atoms with van der Waals surface area (Å²) in [5.74, 6) is 4.08. The Bertz CT molecular complexity index is 305. The van der Waals surface area contributed by atoms with Crippen molar-refractivity contribution in [3.05, 3.63) is 17.0 Å². The van der Waals surface area contributed by atoms with Gasteiger partial charge in [-0.2, -0.15) is 11.8 Å². The molecule has 1 fully saturated rings. The molecule has 0 spiro atoms. The first-order chi connectivity index (χ1) is 6.83. The predicted octanol–water partition coefficient (Wildman–Crippen LogP) is 1.70. The molecule has 0 saturated carbocycles. The molecular formula is C10H16N2OS. The zero-order chi connectivity index (χ0) is 9.97. The summed E-state index contributed by atoms with van der Waals surface area (Å²) in [5.41, 5.74) is 7.85. The molecule has 2 heterocycles. The van der Waals surface area contributed by atoms with Gasteiger partial charge in [0.2, 0.25) is 0 Å². The van der Waals surface area contributed by atoms with E-state index in [1.54, 1.807) is 0 Å². The molecule has 1 aromatic rings. The molecule has 0 aromatic carbocycles. The Hall–Kier alpha value is -0.480. The van der Waals surface area contributed by atoms with Gasteiger partial charge >= 0.3 is 0 Å². The molecule has 2 N–H and O–H groups in total. The average molecular weight is 212 g/mol. The van der Waals surface area contributed by atoms with Crippen molar-refractivity contribution in [2.24, 2.45) is 5.73 Å². The first kappa shape index (κ1) is 10.1. The van der Waals surface area contributed by atoms with Gasteiger partial charge in [0.05, 0.1) is 5.69 Å². The van der Waals surface area contributed by atoms with E-state index in [4.69, 9.17) is 10.3 Å². The van der Waals surface area contributed by atoms with Crippen LogP contribution < -0.4 is 5.73 Å². The lowest BCUT2D eigenvalue weighted by molar-refractivity contribution is 0.362. The molecule has 0 radical (unpaired) electrons. The Labute approximate surface area is 88.4 Å². The minimum absolute atomic E-state index is 0.572. The molecule has 1 saturated heterocycles. The zero-order valence-electron chi connectivity index (χ0n) is 8.45. The van der Waals surface area contributed by atoms with E-state index in [0.717, 1.165) is 17.9 Å². The summed E-state index contributed by atoms with van der Waals surface area (Å²) in [6, 6.07) is 0. The van der Waals surface area contributed by atoms with Crippen LogP contribution in [0.4, 0.5) is 0 Å². The molecule has 1 atom stereocenters. The molecule has 78 valence electrons. The lowest BCUT2D eigenvalue weighted by Gasteiger charge is -2.06. The molecule has 4 heteroatoms. The molecule has 1 aliphatic rings. The van der Waals surface area contributed by atoms with Crippen molar-refractivity contribution in [1.82, 2.24) is 5.16 Å². The van der Waals surface area contributed by atoms with Gasteiger partial charge in [-0.1, -0.05) is 5.16 Å². The molecule has 1 aliphatic heterocycles. The second kappa shape index (κ2) is 4.36. The van der Waals surface area contributed by atoms with Crippen LogP contribution in [0.1, 0.15) is 29.4 Å². The van der Waals surface area contributed by atoms with E-state index in [0.29, 0.717) is 12.5 Å². The van der Waals surface area contributed by atoms with Crippen LogP contribution in [0.15, 0.2) is 4.52 Å². The van der Waals surface area contributed by atoms with Gasteiger partial charge in [0, 0.05) is 17.2 Å². The standard InChI is InChI=1S/C10H16N2OS/c1-7-9(2-4-11)10(13-12-7)8-3-5-14-6-8/h8H,2-6,11H2,1H3. The van der Waals surface area contributed by atoms with Crippen LogP contribution in [0.25, 0.3) is 0 Å². The van der Waals surface area contributed by atoms with E-state index < -0.39 is 0 Å². The number of aromatic nitrogens is 1. The first-order valence-corrected chi connectivity index (χ1v) is 6.21. The minimum Gasteiger partial charge on any atom is -0.361 e. The lowest BCUT2D eigenvalue weighted by Crippen LogP contribution is -2.07. The summed E-state index contributed by atoms with van der Waals surface area (Å²) in [6.45, 7) is 2.68. The highest BCUT2D eigenvalue weighted by molar-refractivity contribution is 7.99. The fourth-order valence-corrected chi connectivity index (χ4v) is 3.14. The van der Waals surface area contributed by atoms with Crippen LogP contribution >= 0.6 is 11.8 Å². The number of hydrogen-bond acceptors (Lipinski definition) is 4. The van der Waals surface area contributed by atoms with Crippen LogP contribution in [0.2, 0.25) is 0 Å². The van der Waals surface area contributed by atoms with Crippen molar-refractivity contribution in [1.29, 1.82) is 0 Å². The Morgan fingerprint density at radius 2 is 2.50 bits per heavy atom. The predicted molar refractivity (Wildman–Crippen MR) is 58.7 cm³/mol. The maximum absolute atomic E-state index is 5.58. The summed E-state index contributed by atoms with van der Waals surface area (Å²) in [7, 11) is 0. The minimum atomic E-state index is 0.572. The van der Waals surface area contributed by atoms with Gasteiger partial charge in [-0.05, 0) is 32.1 Å². The van der Waals surface area contributed by atoms with Crippen LogP contribution in [0.3, 0.4) is 0 Å². The van der Waals surface area contributed by atoms with Crippen LogP contribution in [-0.4, -0.2) is 23.2 Å². The number of hydrogen-bond donors (Lipinski definition) is 1. The van der Waals surface area contributed by atoms with Gasteiger partial charge in [0.25, 0.3) is 0 Å². The average Bonchev–Trinajstić information content (AvgIpc) is 2.77.